The van der Waals surface area contributed by atoms with E-state index in [4.69, 9.17) is 30.5 Å². The molecular formula is C26H23ClN4O6. The number of carbonyl (C=O) groups excluding carboxylic acids is 2. The lowest BCUT2D eigenvalue weighted by Gasteiger charge is -2.41. The second kappa shape index (κ2) is 8.24. The molecule has 190 valence electrons. The van der Waals surface area contributed by atoms with Gasteiger partial charge in [0.25, 0.3) is 0 Å². The van der Waals surface area contributed by atoms with E-state index in [1.54, 1.807) is 11.8 Å². The molecule has 2 aromatic carbocycles. The number of hydrogen-bond donors (Lipinski definition) is 1. The summed E-state index contributed by atoms with van der Waals surface area (Å²) in [4.78, 5) is 33.0. The molecule has 2 aliphatic heterocycles. The van der Waals surface area contributed by atoms with Crippen LogP contribution in [0.1, 0.15) is 35.3 Å². The number of allylic oxidation sites excluding steroid dienone is 1. The molecule has 0 amide bonds. The molecule has 1 aromatic heterocycles. The first-order chi connectivity index (χ1) is 17.8. The second-order valence-corrected chi connectivity index (χ2v) is 9.50. The number of halogens is 1. The van der Waals surface area contributed by atoms with Gasteiger partial charge >= 0.3 is 0 Å². The van der Waals surface area contributed by atoms with E-state index in [2.05, 4.69) is 15.4 Å². The molecular weight excluding hydrogens is 500 g/mol. The van der Waals surface area contributed by atoms with E-state index in [9.17, 15) is 9.59 Å². The van der Waals surface area contributed by atoms with Crippen molar-refractivity contribution in [1.29, 1.82) is 0 Å². The van der Waals surface area contributed by atoms with Gasteiger partial charge in [0.05, 0.1) is 21.3 Å². The molecule has 0 saturated carbocycles. The zero-order chi connectivity index (χ0) is 26.1. The fraction of sp³-hybridized carbons (Fsp3) is 0.308. The van der Waals surface area contributed by atoms with Gasteiger partial charge in [-0.25, -0.2) is 4.68 Å². The second-order valence-electron chi connectivity index (χ2n) is 9.12. The number of carbonyl (C=O) groups is 2. The maximum absolute atomic E-state index is 14.5. The number of aromatic nitrogens is 3. The summed E-state index contributed by atoms with van der Waals surface area (Å²) in [5.41, 5.74) is 0.134. The third-order valence-corrected chi connectivity index (χ3v) is 7.67. The molecule has 1 spiro atoms. The molecule has 0 saturated heterocycles. The van der Waals surface area contributed by atoms with E-state index in [1.807, 2.05) is 31.2 Å². The summed E-state index contributed by atoms with van der Waals surface area (Å²) in [5, 5.41) is 7.73. The van der Waals surface area contributed by atoms with Crippen LogP contribution >= 0.6 is 11.6 Å². The maximum Gasteiger partial charge on any atom is 0.236 e. The Bertz CT molecular complexity index is 1500. The third-order valence-electron chi connectivity index (χ3n) is 7.32. The summed E-state index contributed by atoms with van der Waals surface area (Å²) < 4.78 is 24.1. The van der Waals surface area contributed by atoms with Crippen LogP contribution in [0, 0.1) is 5.92 Å². The molecule has 0 bridgehead atoms. The van der Waals surface area contributed by atoms with Crippen molar-refractivity contribution in [2.24, 2.45) is 5.92 Å². The summed E-state index contributed by atoms with van der Waals surface area (Å²) in [7, 11) is 4.47. The number of nitrogens with one attached hydrogen (secondary N) is 1. The first-order valence-corrected chi connectivity index (χ1v) is 12.0. The van der Waals surface area contributed by atoms with E-state index >= 15 is 0 Å². The fourth-order valence-corrected chi connectivity index (χ4v) is 5.75. The summed E-state index contributed by atoms with van der Waals surface area (Å²) in [5.74, 6) is 0.283. The van der Waals surface area contributed by atoms with Gasteiger partial charge in [-0.05, 0) is 24.1 Å². The van der Waals surface area contributed by atoms with Gasteiger partial charge in [-0.2, -0.15) is 10.1 Å². The summed E-state index contributed by atoms with van der Waals surface area (Å²) in [6, 6.07) is 8.23. The van der Waals surface area contributed by atoms with Crippen molar-refractivity contribution >= 4 is 29.1 Å². The van der Waals surface area contributed by atoms with Crippen LogP contribution in [-0.4, -0.2) is 53.3 Å². The number of anilines is 1. The smallest absolute Gasteiger partial charge is 0.236 e. The molecule has 37 heavy (non-hydrogen) atoms. The lowest BCUT2D eigenvalue weighted by atomic mass is 9.69. The number of fused-ring (bicyclic) bond motifs is 2. The lowest BCUT2D eigenvalue weighted by Crippen LogP contribution is -2.58. The Morgan fingerprint density at radius 1 is 1.08 bits per heavy atom. The van der Waals surface area contributed by atoms with Crippen LogP contribution in [0.2, 0.25) is 5.02 Å². The SMILES string of the molecule is COc1ccc([C@@H]2C3=C(C[C@@H](C)[C@]4(Oc5c(Cl)c(OC)cc(OC)c5C4=O)C3=O)Nc3ncnn32)cc1. The van der Waals surface area contributed by atoms with Gasteiger partial charge in [-0.3, -0.25) is 9.59 Å². The number of ketones is 2. The van der Waals surface area contributed by atoms with Gasteiger partial charge in [0.15, 0.2) is 5.75 Å². The van der Waals surface area contributed by atoms with Crippen molar-refractivity contribution < 1.29 is 28.5 Å². The average Bonchev–Trinajstić information content (AvgIpc) is 3.50. The van der Waals surface area contributed by atoms with Crippen LogP contribution in [0.25, 0.3) is 0 Å². The van der Waals surface area contributed by atoms with Crippen molar-refractivity contribution in [3.05, 3.63) is 64.1 Å². The van der Waals surface area contributed by atoms with E-state index < -0.39 is 29.1 Å². The maximum atomic E-state index is 14.5. The predicted octanol–water partition coefficient (Wildman–Crippen LogP) is 3.85. The molecule has 0 unspecified atom stereocenters. The molecule has 6 rings (SSSR count). The monoisotopic (exact) mass is 522 g/mol. The molecule has 11 heteroatoms. The number of Topliss-reactive ketones (excluding diaryl/α,β-unsaturated/α-hetero) is 2. The van der Waals surface area contributed by atoms with Crippen LogP contribution in [-0.2, 0) is 4.79 Å². The molecule has 3 aliphatic rings. The van der Waals surface area contributed by atoms with Crippen LogP contribution in [0.15, 0.2) is 47.9 Å². The molecule has 3 aromatic rings. The topological polar surface area (TPSA) is 114 Å². The molecule has 1 aliphatic carbocycles. The van der Waals surface area contributed by atoms with Gasteiger partial charge in [0, 0.05) is 23.3 Å². The number of hydrogen-bond acceptors (Lipinski definition) is 9. The fourth-order valence-electron chi connectivity index (χ4n) is 5.48. The first-order valence-electron chi connectivity index (χ1n) is 11.6. The molecule has 0 fully saturated rings. The van der Waals surface area contributed by atoms with Crippen molar-refractivity contribution in [1.82, 2.24) is 14.8 Å². The summed E-state index contributed by atoms with van der Waals surface area (Å²) in [6.45, 7) is 1.81. The Labute approximate surface area is 217 Å². The molecule has 3 heterocycles. The Balaban J connectivity index is 1.52. The number of nitrogens with zero attached hydrogens (tertiary/aromatic N) is 3. The van der Waals surface area contributed by atoms with Crippen LogP contribution in [0.5, 0.6) is 23.0 Å². The number of methoxy groups -OCH3 is 3. The molecule has 3 atom stereocenters. The van der Waals surface area contributed by atoms with Crippen molar-refractivity contribution in [3.63, 3.8) is 0 Å². The standard InChI is InChI=1S/C26H23ClN4O6/c1-12-9-15-18(21(31-25(30-15)28-11-29-31)13-5-7-14(34-2)8-6-13)23(32)26(12)24(33)19-16(35-3)10-17(36-4)20(27)22(19)37-26/h5-8,10-12,21H,9H2,1-4H3,(H,28,29,30)/t12-,21-,26+/m1/s1. The van der Waals surface area contributed by atoms with E-state index in [0.29, 0.717) is 29.4 Å². The van der Waals surface area contributed by atoms with Gasteiger partial charge in [0.1, 0.15) is 40.2 Å². The van der Waals surface area contributed by atoms with Crippen LogP contribution in [0.4, 0.5) is 5.95 Å². The average molecular weight is 523 g/mol. The van der Waals surface area contributed by atoms with E-state index in [0.717, 1.165) is 5.56 Å². The highest BCUT2D eigenvalue weighted by Gasteiger charge is 2.63. The van der Waals surface area contributed by atoms with Gasteiger partial charge in [0.2, 0.25) is 23.1 Å². The van der Waals surface area contributed by atoms with E-state index in [-0.39, 0.29) is 27.8 Å². The third kappa shape index (κ3) is 3.05. The van der Waals surface area contributed by atoms with Gasteiger partial charge in [-0.1, -0.05) is 30.7 Å². The van der Waals surface area contributed by atoms with Crippen LogP contribution in [0.3, 0.4) is 0 Å². The Morgan fingerprint density at radius 2 is 1.81 bits per heavy atom. The highest BCUT2D eigenvalue weighted by atomic mass is 35.5. The predicted molar refractivity (Wildman–Crippen MR) is 133 cm³/mol. The van der Waals surface area contributed by atoms with Gasteiger partial charge < -0.3 is 24.3 Å². The number of ether oxygens (including phenoxy) is 4. The Hall–Kier alpha value is -4.05. The lowest BCUT2D eigenvalue weighted by molar-refractivity contribution is -0.130. The van der Waals surface area contributed by atoms with Gasteiger partial charge in [-0.15, -0.1) is 0 Å². The van der Waals surface area contributed by atoms with Crippen molar-refractivity contribution in [3.8, 4) is 23.0 Å². The Morgan fingerprint density at radius 3 is 2.49 bits per heavy atom. The normalized spacial score (nSPS) is 23.7. The number of rotatable bonds is 4. The zero-order valence-corrected chi connectivity index (χ0v) is 21.3. The van der Waals surface area contributed by atoms with Crippen molar-refractivity contribution in [2.45, 2.75) is 25.0 Å². The highest BCUT2D eigenvalue weighted by molar-refractivity contribution is 6.36. The summed E-state index contributed by atoms with van der Waals surface area (Å²) in [6.07, 6.45) is 1.78. The zero-order valence-electron chi connectivity index (χ0n) is 20.5. The minimum atomic E-state index is -1.82. The van der Waals surface area contributed by atoms with E-state index in [1.165, 1.54) is 26.6 Å². The Kier molecular flexibility index (Phi) is 5.20. The minimum Gasteiger partial charge on any atom is -0.497 e. The van der Waals surface area contributed by atoms with Crippen LogP contribution < -0.4 is 24.3 Å². The summed E-state index contributed by atoms with van der Waals surface area (Å²) >= 11 is 6.56. The first kappa shape index (κ1) is 23.4. The molecule has 0 radical (unpaired) electrons. The molecule has 10 nitrogen and oxygen atoms in total. The number of benzene rings is 2. The van der Waals surface area contributed by atoms with Crippen molar-refractivity contribution in [2.75, 3.05) is 26.6 Å². The minimum absolute atomic E-state index is 0.0818. The quantitative estimate of drug-likeness (QED) is 0.510. The molecule has 1 N–H and O–H groups in total. The largest absolute Gasteiger partial charge is 0.497 e. The highest BCUT2D eigenvalue weighted by Crippen LogP contribution is 2.55.